The summed E-state index contributed by atoms with van der Waals surface area (Å²) in [5.41, 5.74) is 2.16. The van der Waals surface area contributed by atoms with Gasteiger partial charge in [0.15, 0.2) is 0 Å². The number of hydrogen-bond acceptors (Lipinski definition) is 4. The average molecular weight is 583 g/mol. The summed E-state index contributed by atoms with van der Waals surface area (Å²) in [6, 6.07) is 15.2. The predicted molar refractivity (Wildman–Crippen MR) is 138 cm³/mol. The van der Waals surface area contributed by atoms with Crippen molar-refractivity contribution in [2.24, 2.45) is 0 Å². The molecule has 0 saturated carbocycles. The number of para-hydroxylation sites is 1. The highest BCUT2D eigenvalue weighted by Crippen LogP contribution is 2.47. The summed E-state index contributed by atoms with van der Waals surface area (Å²) in [5, 5.41) is 0.708. The molecule has 4 amide bonds. The average Bonchev–Trinajstić information content (AvgIpc) is 3.22. The Kier molecular flexibility index (Phi) is 7.68. The molecule has 0 aliphatic carbocycles. The standard InChI is InChI=1S/C27H27F5N4O3S/c28-26(29,27(30,31)32)16-36-23(38)21(40-24(36)17-6-2-1-3-7-17)14-22(37)34-12-10-19(11-13-34)35-15-18-8-4-5-9-20(18)33-25(35)39/h1-9,19,21,24H,10-16H2,(H,33,39). The Hall–Kier alpha value is -3.35. The minimum atomic E-state index is -5.81. The van der Waals surface area contributed by atoms with E-state index in [2.05, 4.69) is 5.32 Å². The van der Waals surface area contributed by atoms with Crippen LogP contribution in [-0.4, -0.2) is 75.6 Å². The minimum Gasteiger partial charge on any atom is -0.342 e. The van der Waals surface area contributed by atoms with Gasteiger partial charge in [-0.25, -0.2) is 4.79 Å². The molecule has 0 bridgehead atoms. The largest absolute Gasteiger partial charge is 0.455 e. The van der Waals surface area contributed by atoms with Crippen LogP contribution in [0.15, 0.2) is 54.6 Å². The van der Waals surface area contributed by atoms with Crippen LogP contribution >= 0.6 is 11.8 Å². The highest BCUT2D eigenvalue weighted by Gasteiger charge is 2.60. The van der Waals surface area contributed by atoms with Gasteiger partial charge in [0.25, 0.3) is 0 Å². The third kappa shape index (κ3) is 5.61. The molecule has 2 fully saturated rings. The third-order valence-corrected chi connectivity index (χ3v) is 8.96. The molecule has 13 heteroatoms. The van der Waals surface area contributed by atoms with Crippen LogP contribution in [0.25, 0.3) is 0 Å². The smallest absolute Gasteiger partial charge is 0.342 e. The quantitative estimate of drug-likeness (QED) is 0.472. The van der Waals surface area contributed by atoms with E-state index in [1.807, 2.05) is 24.3 Å². The van der Waals surface area contributed by atoms with E-state index in [-0.39, 0.29) is 24.4 Å². The second-order valence-electron chi connectivity index (χ2n) is 10.1. The number of carbonyl (C=O) groups is 3. The number of anilines is 1. The van der Waals surface area contributed by atoms with Crippen molar-refractivity contribution in [1.29, 1.82) is 0 Å². The SMILES string of the molecule is O=C(CC1SC(c2ccccc2)N(CC(F)(F)C(F)(F)F)C1=O)N1CCC(N2Cc3ccccc3NC2=O)CC1. The molecule has 3 aliphatic heterocycles. The maximum atomic E-state index is 14.0. The molecular formula is C27H27F5N4O3S. The van der Waals surface area contributed by atoms with E-state index < -0.39 is 35.2 Å². The minimum absolute atomic E-state index is 0.0950. The van der Waals surface area contributed by atoms with Crippen molar-refractivity contribution in [3.63, 3.8) is 0 Å². The van der Waals surface area contributed by atoms with Crippen molar-refractivity contribution < 1.29 is 36.3 Å². The second kappa shape index (κ2) is 10.9. The molecule has 40 heavy (non-hydrogen) atoms. The summed E-state index contributed by atoms with van der Waals surface area (Å²) in [7, 11) is 0. The molecule has 5 rings (SSSR count). The molecule has 7 nitrogen and oxygen atoms in total. The van der Waals surface area contributed by atoms with Crippen LogP contribution in [0.5, 0.6) is 0 Å². The Bertz CT molecular complexity index is 1270. The van der Waals surface area contributed by atoms with Crippen LogP contribution in [0.1, 0.15) is 35.8 Å². The molecule has 2 saturated heterocycles. The fraction of sp³-hybridized carbons (Fsp3) is 0.444. The zero-order chi connectivity index (χ0) is 28.7. The van der Waals surface area contributed by atoms with Gasteiger partial charge in [-0.1, -0.05) is 48.5 Å². The fourth-order valence-corrected chi connectivity index (χ4v) is 6.74. The molecular weight excluding hydrogens is 555 g/mol. The normalized spacial score (nSPS) is 22.4. The van der Waals surface area contributed by atoms with Crippen molar-refractivity contribution in [2.45, 2.75) is 54.6 Å². The van der Waals surface area contributed by atoms with E-state index in [0.29, 0.717) is 42.9 Å². The number of nitrogens with one attached hydrogen (secondary N) is 1. The topological polar surface area (TPSA) is 73.0 Å². The van der Waals surface area contributed by atoms with E-state index in [9.17, 15) is 36.3 Å². The van der Waals surface area contributed by atoms with E-state index in [1.165, 1.54) is 0 Å². The van der Waals surface area contributed by atoms with Gasteiger partial charge in [0.1, 0.15) is 5.37 Å². The van der Waals surface area contributed by atoms with Gasteiger partial charge in [0.2, 0.25) is 11.8 Å². The molecule has 2 atom stereocenters. The van der Waals surface area contributed by atoms with E-state index in [4.69, 9.17) is 0 Å². The zero-order valence-corrected chi connectivity index (χ0v) is 22.1. The summed E-state index contributed by atoms with van der Waals surface area (Å²) in [6.07, 6.45) is -5.10. The van der Waals surface area contributed by atoms with Gasteiger partial charge >= 0.3 is 18.1 Å². The summed E-state index contributed by atoms with van der Waals surface area (Å²) < 4.78 is 66.9. The first-order valence-electron chi connectivity index (χ1n) is 12.8. The predicted octanol–water partition coefficient (Wildman–Crippen LogP) is 5.26. The third-order valence-electron chi connectivity index (χ3n) is 7.48. The lowest BCUT2D eigenvalue weighted by atomic mass is 10.0. The Balaban J connectivity index is 1.22. The number of fused-ring (bicyclic) bond motifs is 1. The van der Waals surface area contributed by atoms with Gasteiger partial charge in [-0.2, -0.15) is 22.0 Å². The monoisotopic (exact) mass is 582 g/mol. The molecule has 0 spiro atoms. The molecule has 214 valence electrons. The zero-order valence-electron chi connectivity index (χ0n) is 21.2. The number of carbonyl (C=O) groups excluding carboxylic acids is 3. The van der Waals surface area contributed by atoms with Gasteiger partial charge in [-0.05, 0) is 30.0 Å². The number of urea groups is 1. The molecule has 0 aromatic heterocycles. The molecule has 3 heterocycles. The van der Waals surface area contributed by atoms with Gasteiger partial charge < -0.3 is 20.0 Å². The van der Waals surface area contributed by atoms with Crippen LogP contribution in [0.2, 0.25) is 0 Å². The van der Waals surface area contributed by atoms with Gasteiger partial charge in [0, 0.05) is 37.8 Å². The molecule has 0 radical (unpaired) electrons. The number of halogens is 5. The summed E-state index contributed by atoms with van der Waals surface area (Å²) >= 11 is 0.908. The van der Waals surface area contributed by atoms with Crippen LogP contribution in [0.4, 0.5) is 32.4 Å². The van der Waals surface area contributed by atoms with Crippen molar-refractivity contribution in [3.05, 3.63) is 65.7 Å². The molecule has 2 unspecified atom stereocenters. The van der Waals surface area contributed by atoms with Crippen molar-refractivity contribution in [2.75, 3.05) is 25.0 Å². The fourth-order valence-electron chi connectivity index (χ4n) is 5.30. The number of alkyl halides is 5. The molecule has 3 aliphatic rings. The van der Waals surface area contributed by atoms with Crippen molar-refractivity contribution >= 4 is 35.3 Å². The number of hydrogen-bond donors (Lipinski definition) is 1. The lowest BCUT2D eigenvalue weighted by Crippen LogP contribution is -2.51. The number of piperidine rings is 1. The number of rotatable bonds is 6. The van der Waals surface area contributed by atoms with Crippen molar-refractivity contribution in [3.8, 4) is 0 Å². The number of amides is 4. The molecule has 1 N–H and O–H groups in total. The van der Waals surface area contributed by atoms with Crippen LogP contribution < -0.4 is 5.32 Å². The lowest BCUT2D eigenvalue weighted by molar-refractivity contribution is -0.285. The number of nitrogens with zero attached hydrogens (tertiary/aromatic N) is 3. The summed E-state index contributed by atoms with van der Waals surface area (Å²) in [6.45, 7) is -0.705. The second-order valence-corrected chi connectivity index (χ2v) is 11.4. The van der Waals surface area contributed by atoms with Crippen molar-refractivity contribution in [1.82, 2.24) is 14.7 Å². The lowest BCUT2D eigenvalue weighted by Gasteiger charge is -2.40. The Morgan fingerprint density at radius 2 is 1.60 bits per heavy atom. The van der Waals surface area contributed by atoms with Crippen LogP contribution in [0.3, 0.4) is 0 Å². The Labute approximate surface area is 231 Å². The molecule has 2 aromatic carbocycles. The Morgan fingerprint density at radius 1 is 0.950 bits per heavy atom. The molecule has 2 aromatic rings. The first kappa shape index (κ1) is 28.2. The first-order valence-corrected chi connectivity index (χ1v) is 13.8. The van der Waals surface area contributed by atoms with E-state index >= 15 is 0 Å². The first-order chi connectivity index (χ1) is 18.9. The highest BCUT2D eigenvalue weighted by atomic mass is 32.2. The maximum Gasteiger partial charge on any atom is 0.455 e. The van der Waals surface area contributed by atoms with Gasteiger partial charge in [0.05, 0.1) is 11.8 Å². The number of likely N-dealkylation sites (tertiary alicyclic amines) is 1. The van der Waals surface area contributed by atoms with Crippen LogP contribution in [-0.2, 0) is 16.1 Å². The van der Waals surface area contributed by atoms with Gasteiger partial charge in [-0.15, -0.1) is 11.8 Å². The van der Waals surface area contributed by atoms with E-state index in [0.717, 1.165) is 23.0 Å². The number of benzene rings is 2. The van der Waals surface area contributed by atoms with Gasteiger partial charge in [-0.3, -0.25) is 9.59 Å². The van der Waals surface area contributed by atoms with E-state index in [1.54, 1.807) is 40.1 Å². The maximum absolute atomic E-state index is 14.0. The number of thioether (sulfide) groups is 1. The van der Waals surface area contributed by atoms with Crippen LogP contribution in [0, 0.1) is 0 Å². The highest BCUT2D eigenvalue weighted by molar-refractivity contribution is 8.01. The summed E-state index contributed by atoms with van der Waals surface area (Å²) in [5.74, 6) is -6.40. The summed E-state index contributed by atoms with van der Waals surface area (Å²) in [4.78, 5) is 42.7. The Morgan fingerprint density at radius 3 is 2.27 bits per heavy atom.